The van der Waals surface area contributed by atoms with E-state index in [1.54, 1.807) is 0 Å². The fraction of sp³-hybridized carbons (Fsp3) is 0.938. The first kappa shape index (κ1) is 19.3. The van der Waals surface area contributed by atoms with Crippen molar-refractivity contribution in [3.05, 3.63) is 0 Å². The van der Waals surface area contributed by atoms with E-state index >= 15 is 0 Å². The molecule has 0 amide bonds. The van der Waals surface area contributed by atoms with E-state index in [4.69, 9.17) is 0 Å². The lowest BCUT2D eigenvalue weighted by Gasteiger charge is -2.28. The molecule has 2 heterocycles. The van der Waals surface area contributed by atoms with Crippen LogP contribution < -0.4 is 10.6 Å². The third kappa shape index (κ3) is 6.84. The maximum absolute atomic E-state index is 12.5. The molecule has 0 saturated carbocycles. The molecule has 0 radical (unpaired) electrons. The maximum atomic E-state index is 12.5. The number of hydrogen-bond acceptors (Lipinski definition) is 3. The van der Waals surface area contributed by atoms with Crippen molar-refractivity contribution in [1.82, 2.24) is 20.4 Å². The summed E-state index contributed by atoms with van der Waals surface area (Å²) in [4.78, 5) is 8.45. The smallest absolute Gasteiger partial charge is 0.357 e. The Morgan fingerprint density at radius 1 is 1.17 bits per heavy atom. The first-order valence-electron chi connectivity index (χ1n) is 8.88. The predicted octanol–water partition coefficient (Wildman–Crippen LogP) is 1.52. The van der Waals surface area contributed by atoms with Gasteiger partial charge in [0.15, 0.2) is 5.96 Å². The van der Waals surface area contributed by atoms with E-state index in [9.17, 15) is 13.2 Å². The van der Waals surface area contributed by atoms with Crippen molar-refractivity contribution in [2.24, 2.45) is 10.9 Å². The zero-order valence-electron chi connectivity index (χ0n) is 14.7. The highest BCUT2D eigenvalue weighted by atomic mass is 19.4. The topological polar surface area (TPSA) is 42.9 Å². The van der Waals surface area contributed by atoms with Gasteiger partial charge < -0.3 is 15.5 Å². The van der Waals surface area contributed by atoms with Gasteiger partial charge >= 0.3 is 6.18 Å². The molecule has 0 aliphatic carbocycles. The van der Waals surface area contributed by atoms with Gasteiger partial charge in [-0.3, -0.25) is 9.89 Å². The van der Waals surface area contributed by atoms with Gasteiger partial charge in [0.05, 0.1) is 6.54 Å². The molecule has 2 N–H and O–H groups in total. The molecule has 2 aliphatic rings. The van der Waals surface area contributed by atoms with Gasteiger partial charge in [-0.2, -0.15) is 13.2 Å². The molecule has 2 rings (SSSR count). The van der Waals surface area contributed by atoms with E-state index in [1.807, 2.05) is 6.92 Å². The van der Waals surface area contributed by atoms with E-state index in [0.717, 1.165) is 45.0 Å². The molecule has 0 aromatic carbocycles. The number of guanidine groups is 1. The Balaban J connectivity index is 1.79. The summed E-state index contributed by atoms with van der Waals surface area (Å²) < 4.78 is 37.4. The lowest BCUT2D eigenvalue weighted by molar-refractivity contribution is -0.143. The molecule has 8 heteroatoms. The number of nitrogens with one attached hydrogen (secondary N) is 2. The largest absolute Gasteiger partial charge is 0.401 e. The molecular formula is C16H30F3N5. The number of hydrogen-bond donors (Lipinski definition) is 2. The number of rotatable bonds is 5. The van der Waals surface area contributed by atoms with Crippen LogP contribution in [0.1, 0.15) is 26.2 Å². The molecule has 140 valence electrons. The molecule has 0 spiro atoms. The molecule has 24 heavy (non-hydrogen) atoms. The second kappa shape index (κ2) is 8.89. The van der Waals surface area contributed by atoms with Crippen molar-refractivity contribution >= 4 is 5.96 Å². The van der Waals surface area contributed by atoms with E-state index in [-0.39, 0.29) is 6.04 Å². The van der Waals surface area contributed by atoms with Crippen molar-refractivity contribution in [1.29, 1.82) is 0 Å². The number of likely N-dealkylation sites (tertiary alicyclic amines) is 2. The average molecular weight is 349 g/mol. The van der Waals surface area contributed by atoms with Gasteiger partial charge in [0.1, 0.15) is 0 Å². The monoisotopic (exact) mass is 349 g/mol. The van der Waals surface area contributed by atoms with Crippen LogP contribution in [-0.4, -0.2) is 80.8 Å². The second-order valence-corrected chi connectivity index (χ2v) is 6.95. The summed E-state index contributed by atoms with van der Waals surface area (Å²) in [7, 11) is 2.14. The van der Waals surface area contributed by atoms with Crippen LogP contribution >= 0.6 is 0 Å². The summed E-state index contributed by atoms with van der Waals surface area (Å²) in [6.45, 7) is 5.81. The van der Waals surface area contributed by atoms with Gasteiger partial charge in [0, 0.05) is 32.2 Å². The van der Waals surface area contributed by atoms with Gasteiger partial charge in [0.25, 0.3) is 0 Å². The first-order chi connectivity index (χ1) is 11.4. The van der Waals surface area contributed by atoms with Crippen LogP contribution in [0.2, 0.25) is 0 Å². The molecule has 1 unspecified atom stereocenters. The molecule has 0 bridgehead atoms. The summed E-state index contributed by atoms with van der Waals surface area (Å²) in [5.74, 6) is 1.33. The standard InChI is InChI=1S/C16H30F3N5/c1-3-20-15(21-10-13-4-7-23(2)8-5-13)22-14-6-9-24(11-14)12-16(17,18)19/h13-14H,3-12H2,1-2H3,(H2,20,21,22). The van der Waals surface area contributed by atoms with Gasteiger partial charge in [-0.25, -0.2) is 0 Å². The quantitative estimate of drug-likeness (QED) is 0.583. The molecule has 2 saturated heterocycles. The fourth-order valence-electron chi connectivity index (χ4n) is 3.33. The summed E-state index contributed by atoms with van der Waals surface area (Å²) in [5.41, 5.74) is 0. The number of alkyl halides is 3. The summed E-state index contributed by atoms with van der Waals surface area (Å²) in [6, 6.07) is 0.0302. The Bertz CT molecular complexity index is 405. The van der Waals surface area contributed by atoms with E-state index in [0.29, 0.717) is 25.4 Å². The first-order valence-corrected chi connectivity index (χ1v) is 8.88. The zero-order valence-corrected chi connectivity index (χ0v) is 14.7. The van der Waals surface area contributed by atoms with E-state index < -0.39 is 12.7 Å². The highest BCUT2D eigenvalue weighted by molar-refractivity contribution is 5.80. The van der Waals surface area contributed by atoms with Crippen LogP contribution in [0.25, 0.3) is 0 Å². The predicted molar refractivity (Wildman–Crippen MR) is 90.2 cm³/mol. The molecule has 1 atom stereocenters. The Morgan fingerprint density at radius 3 is 2.50 bits per heavy atom. The Hall–Kier alpha value is -1.02. The molecular weight excluding hydrogens is 319 g/mol. The minimum Gasteiger partial charge on any atom is -0.357 e. The molecule has 5 nitrogen and oxygen atoms in total. The van der Waals surface area contributed by atoms with Crippen LogP contribution in [-0.2, 0) is 0 Å². The lowest BCUT2D eigenvalue weighted by Crippen LogP contribution is -2.45. The normalized spacial score (nSPS) is 25.2. The lowest BCUT2D eigenvalue weighted by atomic mass is 9.97. The van der Waals surface area contributed by atoms with E-state index in [2.05, 4.69) is 27.6 Å². The van der Waals surface area contributed by atoms with Crippen LogP contribution in [0.15, 0.2) is 4.99 Å². The van der Waals surface area contributed by atoms with Gasteiger partial charge in [-0.15, -0.1) is 0 Å². The summed E-state index contributed by atoms with van der Waals surface area (Å²) in [5, 5.41) is 6.51. The highest BCUT2D eigenvalue weighted by Crippen LogP contribution is 2.20. The van der Waals surface area contributed by atoms with Crippen molar-refractivity contribution in [3.63, 3.8) is 0 Å². The maximum Gasteiger partial charge on any atom is 0.401 e. The van der Waals surface area contributed by atoms with Gasteiger partial charge in [0.2, 0.25) is 0 Å². The van der Waals surface area contributed by atoms with Crippen LogP contribution in [0.4, 0.5) is 13.2 Å². The minimum atomic E-state index is -4.12. The molecule has 2 fully saturated rings. The third-order valence-corrected chi connectivity index (χ3v) is 4.71. The summed E-state index contributed by atoms with van der Waals surface area (Å²) >= 11 is 0. The third-order valence-electron chi connectivity index (χ3n) is 4.71. The average Bonchev–Trinajstić information content (AvgIpc) is 2.91. The van der Waals surface area contributed by atoms with Crippen LogP contribution in [0.5, 0.6) is 0 Å². The SMILES string of the molecule is CCNC(=NCC1CCN(C)CC1)NC1CCN(CC(F)(F)F)C1. The summed E-state index contributed by atoms with van der Waals surface area (Å²) in [6.07, 6.45) is -1.10. The Kier molecular flexibility index (Phi) is 7.16. The van der Waals surface area contributed by atoms with Crippen molar-refractivity contribution in [2.45, 2.75) is 38.4 Å². The number of nitrogens with zero attached hydrogens (tertiary/aromatic N) is 3. The Labute approximate surface area is 142 Å². The highest BCUT2D eigenvalue weighted by Gasteiger charge is 2.34. The van der Waals surface area contributed by atoms with Gasteiger partial charge in [-0.05, 0) is 52.2 Å². The van der Waals surface area contributed by atoms with Crippen molar-refractivity contribution < 1.29 is 13.2 Å². The molecule has 0 aromatic heterocycles. The molecule has 0 aromatic rings. The van der Waals surface area contributed by atoms with Crippen LogP contribution in [0, 0.1) is 5.92 Å². The second-order valence-electron chi connectivity index (χ2n) is 6.95. The number of halogens is 3. The minimum absolute atomic E-state index is 0.0302. The number of piperidine rings is 1. The Morgan fingerprint density at radius 2 is 1.88 bits per heavy atom. The molecule has 2 aliphatic heterocycles. The van der Waals surface area contributed by atoms with Gasteiger partial charge in [-0.1, -0.05) is 0 Å². The zero-order chi connectivity index (χ0) is 17.6. The van der Waals surface area contributed by atoms with Crippen molar-refractivity contribution in [2.75, 3.05) is 52.9 Å². The van der Waals surface area contributed by atoms with E-state index in [1.165, 1.54) is 4.90 Å². The van der Waals surface area contributed by atoms with Crippen molar-refractivity contribution in [3.8, 4) is 0 Å². The fourth-order valence-corrected chi connectivity index (χ4v) is 3.33. The number of aliphatic imine (C=N–C) groups is 1. The van der Waals surface area contributed by atoms with Crippen LogP contribution in [0.3, 0.4) is 0 Å².